The molecule has 2 aromatic carbocycles. The SMILES string of the molecule is N#CCN(CC(=O)Nc1ccc(S(N)(=O)=O)cc1)Cc1ccccc1. The number of anilines is 1. The van der Waals surface area contributed by atoms with E-state index < -0.39 is 10.0 Å². The molecule has 0 bridgehead atoms. The predicted molar refractivity (Wildman–Crippen MR) is 93.8 cm³/mol. The average Bonchev–Trinajstić information content (AvgIpc) is 2.55. The fourth-order valence-corrected chi connectivity index (χ4v) is 2.76. The smallest absolute Gasteiger partial charge is 0.238 e. The van der Waals surface area contributed by atoms with Gasteiger partial charge in [0.15, 0.2) is 0 Å². The third-order valence-corrected chi connectivity index (χ3v) is 4.31. The van der Waals surface area contributed by atoms with Crippen molar-refractivity contribution in [2.75, 3.05) is 18.4 Å². The third-order valence-electron chi connectivity index (χ3n) is 3.38. The van der Waals surface area contributed by atoms with Crippen molar-refractivity contribution in [1.82, 2.24) is 4.90 Å². The number of nitrogens with two attached hydrogens (primary N) is 1. The fourth-order valence-electron chi connectivity index (χ4n) is 2.24. The van der Waals surface area contributed by atoms with Crippen molar-refractivity contribution in [3.8, 4) is 6.07 Å². The van der Waals surface area contributed by atoms with Crippen LogP contribution >= 0.6 is 0 Å². The van der Waals surface area contributed by atoms with E-state index >= 15 is 0 Å². The summed E-state index contributed by atoms with van der Waals surface area (Å²) < 4.78 is 22.4. The summed E-state index contributed by atoms with van der Waals surface area (Å²) in [5.74, 6) is -0.297. The second-order valence-electron chi connectivity index (χ2n) is 5.41. The molecule has 0 aliphatic rings. The van der Waals surface area contributed by atoms with E-state index in [1.807, 2.05) is 36.4 Å². The van der Waals surface area contributed by atoms with Crippen molar-refractivity contribution in [3.63, 3.8) is 0 Å². The fraction of sp³-hybridized carbons (Fsp3) is 0.176. The molecular formula is C17H18N4O3S. The van der Waals surface area contributed by atoms with E-state index in [4.69, 9.17) is 10.4 Å². The molecule has 0 aliphatic heterocycles. The number of nitrogens with one attached hydrogen (secondary N) is 1. The van der Waals surface area contributed by atoms with Gasteiger partial charge >= 0.3 is 0 Å². The average molecular weight is 358 g/mol. The van der Waals surface area contributed by atoms with E-state index in [-0.39, 0.29) is 23.9 Å². The van der Waals surface area contributed by atoms with E-state index in [1.165, 1.54) is 24.3 Å². The van der Waals surface area contributed by atoms with E-state index in [0.29, 0.717) is 12.2 Å². The predicted octanol–water partition coefficient (Wildman–Crippen LogP) is 1.30. The zero-order valence-electron chi connectivity index (χ0n) is 13.4. The van der Waals surface area contributed by atoms with Crippen LogP contribution in [0.5, 0.6) is 0 Å². The van der Waals surface area contributed by atoms with Crippen LogP contribution in [0.1, 0.15) is 5.56 Å². The lowest BCUT2D eigenvalue weighted by Crippen LogP contribution is -2.33. The molecule has 0 saturated heterocycles. The molecule has 8 heteroatoms. The maximum Gasteiger partial charge on any atom is 0.238 e. The number of hydrogen-bond donors (Lipinski definition) is 2. The van der Waals surface area contributed by atoms with Gasteiger partial charge in [0, 0.05) is 12.2 Å². The molecule has 2 rings (SSSR count). The summed E-state index contributed by atoms with van der Waals surface area (Å²) in [6.45, 7) is 0.637. The van der Waals surface area contributed by atoms with Gasteiger partial charge in [-0.2, -0.15) is 5.26 Å². The molecule has 130 valence electrons. The Bertz CT molecular complexity index is 859. The summed E-state index contributed by atoms with van der Waals surface area (Å²) in [4.78, 5) is 13.8. The van der Waals surface area contributed by atoms with Crippen molar-refractivity contribution < 1.29 is 13.2 Å². The van der Waals surface area contributed by atoms with Gasteiger partial charge in [-0.3, -0.25) is 9.69 Å². The first kappa shape index (κ1) is 18.6. The van der Waals surface area contributed by atoms with Crippen LogP contribution in [0.3, 0.4) is 0 Å². The molecule has 1 amide bonds. The highest BCUT2D eigenvalue weighted by Gasteiger charge is 2.12. The summed E-state index contributed by atoms with van der Waals surface area (Å²) >= 11 is 0. The van der Waals surface area contributed by atoms with Crippen LogP contribution in [0.2, 0.25) is 0 Å². The van der Waals surface area contributed by atoms with Crippen molar-refractivity contribution in [1.29, 1.82) is 5.26 Å². The number of benzene rings is 2. The number of nitrogens with zero attached hydrogens (tertiary/aromatic N) is 2. The van der Waals surface area contributed by atoms with Gasteiger partial charge in [-0.1, -0.05) is 30.3 Å². The minimum atomic E-state index is -3.77. The Balaban J connectivity index is 1.98. The van der Waals surface area contributed by atoms with Crippen molar-refractivity contribution in [2.45, 2.75) is 11.4 Å². The van der Waals surface area contributed by atoms with Gasteiger partial charge < -0.3 is 5.32 Å². The molecule has 0 aromatic heterocycles. The van der Waals surface area contributed by atoms with Crippen LogP contribution in [0, 0.1) is 11.3 Å². The minimum absolute atomic E-state index is 0.0271. The third kappa shape index (κ3) is 6.00. The number of rotatable bonds is 7. The normalized spacial score (nSPS) is 11.1. The Hall–Kier alpha value is -2.73. The Kier molecular flexibility index (Phi) is 6.25. The van der Waals surface area contributed by atoms with E-state index in [0.717, 1.165) is 5.56 Å². The summed E-state index contributed by atoms with van der Waals surface area (Å²) in [5.41, 5.74) is 1.46. The van der Waals surface area contributed by atoms with Crippen LogP contribution in [-0.2, 0) is 21.4 Å². The number of amides is 1. The number of hydrogen-bond acceptors (Lipinski definition) is 5. The molecular weight excluding hydrogens is 340 g/mol. The summed E-state index contributed by atoms with van der Waals surface area (Å²) in [6, 6.07) is 17.2. The number of primary sulfonamides is 1. The van der Waals surface area contributed by atoms with Crippen molar-refractivity contribution >= 4 is 21.6 Å². The monoisotopic (exact) mass is 358 g/mol. The van der Waals surface area contributed by atoms with Gasteiger partial charge in [0.05, 0.1) is 24.1 Å². The van der Waals surface area contributed by atoms with E-state index in [2.05, 4.69) is 5.32 Å². The molecule has 0 heterocycles. The number of sulfonamides is 1. The Labute approximate surface area is 146 Å². The van der Waals surface area contributed by atoms with Gasteiger partial charge in [-0.05, 0) is 29.8 Å². The highest BCUT2D eigenvalue weighted by atomic mass is 32.2. The molecule has 0 radical (unpaired) electrons. The van der Waals surface area contributed by atoms with Gasteiger partial charge in [0.25, 0.3) is 0 Å². The second-order valence-corrected chi connectivity index (χ2v) is 6.97. The number of carbonyl (C=O) groups is 1. The minimum Gasteiger partial charge on any atom is -0.325 e. The summed E-state index contributed by atoms with van der Waals surface area (Å²) in [5, 5.41) is 16.6. The van der Waals surface area contributed by atoms with Crippen molar-refractivity contribution in [3.05, 3.63) is 60.2 Å². The zero-order chi connectivity index (χ0) is 18.3. The lowest BCUT2D eigenvalue weighted by Gasteiger charge is -2.18. The molecule has 0 spiro atoms. The second kappa shape index (κ2) is 8.39. The molecule has 0 aliphatic carbocycles. The first-order valence-corrected chi connectivity index (χ1v) is 8.99. The Morgan fingerprint density at radius 2 is 1.76 bits per heavy atom. The van der Waals surface area contributed by atoms with Gasteiger partial charge in [-0.15, -0.1) is 0 Å². The van der Waals surface area contributed by atoms with Crippen LogP contribution in [-0.4, -0.2) is 32.3 Å². The zero-order valence-corrected chi connectivity index (χ0v) is 14.2. The summed E-state index contributed by atoms with van der Waals surface area (Å²) in [6.07, 6.45) is 0. The molecule has 0 fully saturated rings. The Morgan fingerprint density at radius 3 is 2.32 bits per heavy atom. The number of nitriles is 1. The van der Waals surface area contributed by atoms with E-state index in [9.17, 15) is 13.2 Å². The topological polar surface area (TPSA) is 116 Å². The van der Waals surface area contributed by atoms with Crippen LogP contribution < -0.4 is 10.5 Å². The van der Waals surface area contributed by atoms with Crippen molar-refractivity contribution in [2.24, 2.45) is 5.14 Å². The summed E-state index contributed by atoms with van der Waals surface area (Å²) in [7, 11) is -3.77. The standard InChI is InChI=1S/C17H18N4O3S/c18-10-11-21(12-14-4-2-1-3-5-14)13-17(22)20-15-6-8-16(9-7-15)25(19,23)24/h1-9H,11-13H2,(H,20,22)(H2,19,23,24). The largest absolute Gasteiger partial charge is 0.325 e. The van der Waals surface area contributed by atoms with Gasteiger partial charge in [0.1, 0.15) is 0 Å². The van der Waals surface area contributed by atoms with Crippen LogP contribution in [0.25, 0.3) is 0 Å². The van der Waals surface area contributed by atoms with E-state index in [1.54, 1.807) is 4.90 Å². The molecule has 0 saturated carbocycles. The molecule has 0 atom stereocenters. The van der Waals surface area contributed by atoms with Crippen LogP contribution in [0.4, 0.5) is 5.69 Å². The lowest BCUT2D eigenvalue weighted by molar-refractivity contribution is -0.117. The van der Waals surface area contributed by atoms with Crippen LogP contribution in [0.15, 0.2) is 59.5 Å². The first-order chi connectivity index (χ1) is 11.9. The molecule has 2 aromatic rings. The van der Waals surface area contributed by atoms with Gasteiger partial charge in [0.2, 0.25) is 15.9 Å². The first-order valence-electron chi connectivity index (χ1n) is 7.44. The van der Waals surface area contributed by atoms with Gasteiger partial charge in [-0.25, -0.2) is 13.6 Å². The maximum absolute atomic E-state index is 12.2. The molecule has 25 heavy (non-hydrogen) atoms. The molecule has 3 N–H and O–H groups in total. The maximum atomic E-state index is 12.2. The Morgan fingerprint density at radius 1 is 1.12 bits per heavy atom. The molecule has 7 nitrogen and oxygen atoms in total. The lowest BCUT2D eigenvalue weighted by atomic mass is 10.2. The highest BCUT2D eigenvalue weighted by Crippen LogP contribution is 2.13. The number of carbonyl (C=O) groups excluding carboxylic acids is 1. The quantitative estimate of drug-likeness (QED) is 0.724. The molecule has 0 unspecified atom stereocenters. The highest BCUT2D eigenvalue weighted by molar-refractivity contribution is 7.89.